The summed E-state index contributed by atoms with van der Waals surface area (Å²) in [5, 5.41) is 1.03. The summed E-state index contributed by atoms with van der Waals surface area (Å²) < 4.78 is 0. The first kappa shape index (κ1) is 14.9. The Hall–Kier alpha value is -1.55. The van der Waals surface area contributed by atoms with E-state index < -0.39 is 0 Å². The van der Waals surface area contributed by atoms with E-state index in [4.69, 9.17) is 0 Å². The van der Waals surface area contributed by atoms with Crippen molar-refractivity contribution >= 4 is 17.5 Å². The quantitative estimate of drug-likeness (QED) is 0.600. The summed E-state index contributed by atoms with van der Waals surface area (Å²) in [5.41, 5.74) is 1.90. The molecule has 2 rings (SSSR count). The molecule has 0 aromatic carbocycles. The van der Waals surface area contributed by atoms with E-state index in [-0.39, 0.29) is 5.78 Å². The third kappa shape index (κ3) is 3.31. The topological polar surface area (TPSA) is 33.2 Å². The fourth-order valence-electron chi connectivity index (χ4n) is 2.05. The number of thioether (sulfide) groups is 1. The van der Waals surface area contributed by atoms with Crippen LogP contribution in [0.1, 0.15) is 44.0 Å². The molecule has 0 bridgehead atoms. The van der Waals surface area contributed by atoms with E-state index in [9.17, 15) is 4.79 Å². The Morgan fingerprint density at radius 2 is 2.25 bits per heavy atom. The molecule has 2 heterocycles. The fraction of sp³-hybridized carbons (Fsp3) is 0.375. The van der Waals surface area contributed by atoms with E-state index in [0.29, 0.717) is 5.56 Å². The molecular formula is C16H20N2OS. The highest BCUT2D eigenvalue weighted by atomic mass is 32.2. The Kier molecular flexibility index (Phi) is 5.01. The SMILES string of the molecule is CCCCN1C(C)=C(C)S/C1=C\C(=O)c1cccnc1. The Morgan fingerprint density at radius 1 is 1.45 bits per heavy atom. The van der Waals surface area contributed by atoms with Crippen LogP contribution in [-0.2, 0) is 0 Å². The first-order chi connectivity index (χ1) is 9.63. The molecule has 0 saturated carbocycles. The molecule has 106 valence electrons. The minimum atomic E-state index is 0.0181. The molecule has 0 aliphatic carbocycles. The number of aromatic nitrogens is 1. The number of carbonyl (C=O) groups is 1. The Labute approximate surface area is 124 Å². The van der Waals surface area contributed by atoms with Gasteiger partial charge < -0.3 is 4.90 Å². The van der Waals surface area contributed by atoms with Crippen molar-refractivity contribution in [3.8, 4) is 0 Å². The van der Waals surface area contributed by atoms with Crippen LogP contribution in [0.25, 0.3) is 0 Å². The largest absolute Gasteiger partial charge is 0.339 e. The first-order valence-corrected chi connectivity index (χ1v) is 7.74. The molecule has 0 fully saturated rings. The van der Waals surface area contributed by atoms with Gasteiger partial charge in [-0.2, -0.15) is 0 Å². The Balaban J connectivity index is 2.19. The van der Waals surface area contributed by atoms with E-state index in [2.05, 4.69) is 30.7 Å². The summed E-state index contributed by atoms with van der Waals surface area (Å²) >= 11 is 1.68. The van der Waals surface area contributed by atoms with Crippen LogP contribution < -0.4 is 0 Å². The van der Waals surface area contributed by atoms with E-state index in [0.717, 1.165) is 24.4 Å². The van der Waals surface area contributed by atoms with Gasteiger partial charge in [0, 0.05) is 41.2 Å². The van der Waals surface area contributed by atoms with E-state index >= 15 is 0 Å². The van der Waals surface area contributed by atoms with Crippen molar-refractivity contribution in [3.05, 3.63) is 51.8 Å². The van der Waals surface area contributed by atoms with Gasteiger partial charge in [0.1, 0.15) is 0 Å². The predicted octanol–water partition coefficient (Wildman–Crippen LogP) is 4.21. The highest BCUT2D eigenvalue weighted by Crippen LogP contribution is 2.40. The van der Waals surface area contributed by atoms with Gasteiger partial charge in [-0.1, -0.05) is 25.1 Å². The molecule has 0 unspecified atom stereocenters. The number of nitrogens with zero attached hydrogens (tertiary/aromatic N) is 2. The highest BCUT2D eigenvalue weighted by Gasteiger charge is 2.23. The second kappa shape index (κ2) is 6.75. The fourth-order valence-corrected chi connectivity index (χ4v) is 3.12. The van der Waals surface area contributed by atoms with Gasteiger partial charge in [-0.15, -0.1) is 0 Å². The summed E-state index contributed by atoms with van der Waals surface area (Å²) in [7, 11) is 0. The molecular weight excluding hydrogens is 268 g/mol. The molecule has 4 heteroatoms. The molecule has 0 amide bonds. The van der Waals surface area contributed by atoms with Gasteiger partial charge in [0.05, 0.1) is 5.03 Å². The summed E-state index contributed by atoms with van der Waals surface area (Å²) in [4.78, 5) is 19.8. The van der Waals surface area contributed by atoms with Gasteiger partial charge in [0.2, 0.25) is 0 Å². The van der Waals surface area contributed by atoms with Crippen LogP contribution in [0.15, 0.2) is 46.2 Å². The number of hydrogen-bond acceptors (Lipinski definition) is 4. The lowest BCUT2D eigenvalue weighted by molar-refractivity contribution is 0.104. The highest BCUT2D eigenvalue weighted by molar-refractivity contribution is 8.06. The molecule has 0 radical (unpaired) electrons. The van der Waals surface area contributed by atoms with Crippen LogP contribution in [-0.4, -0.2) is 22.2 Å². The normalized spacial score (nSPS) is 17.1. The molecule has 3 nitrogen and oxygen atoms in total. The maximum atomic E-state index is 12.3. The van der Waals surface area contributed by atoms with Crippen molar-refractivity contribution in [2.75, 3.05) is 6.54 Å². The van der Waals surface area contributed by atoms with Crippen molar-refractivity contribution in [3.63, 3.8) is 0 Å². The predicted molar refractivity (Wildman–Crippen MR) is 84.2 cm³/mol. The third-order valence-electron chi connectivity index (χ3n) is 3.37. The average Bonchev–Trinajstić information content (AvgIpc) is 2.72. The smallest absolute Gasteiger partial charge is 0.190 e. The summed E-state index contributed by atoms with van der Waals surface area (Å²) in [6.45, 7) is 7.37. The Bertz CT molecular complexity index is 549. The van der Waals surface area contributed by atoms with Crippen LogP contribution in [0.3, 0.4) is 0 Å². The monoisotopic (exact) mass is 288 g/mol. The lowest BCUT2D eigenvalue weighted by Crippen LogP contribution is -2.18. The lowest BCUT2D eigenvalue weighted by Gasteiger charge is -2.21. The standard InChI is InChI=1S/C16H20N2OS/c1-4-5-9-18-12(2)13(3)20-16(18)10-15(19)14-7-6-8-17-11-14/h6-8,10-11H,4-5,9H2,1-3H3/b16-10-. The van der Waals surface area contributed by atoms with Crippen LogP contribution >= 0.6 is 11.8 Å². The zero-order chi connectivity index (χ0) is 14.5. The number of carbonyl (C=O) groups excluding carboxylic acids is 1. The van der Waals surface area contributed by atoms with Crippen LogP contribution in [0.4, 0.5) is 0 Å². The number of pyridine rings is 1. The third-order valence-corrected chi connectivity index (χ3v) is 4.52. The van der Waals surface area contributed by atoms with Crippen molar-refractivity contribution < 1.29 is 4.79 Å². The van der Waals surface area contributed by atoms with Gasteiger partial charge in [0.15, 0.2) is 5.78 Å². The van der Waals surface area contributed by atoms with Gasteiger partial charge >= 0.3 is 0 Å². The van der Waals surface area contributed by atoms with Crippen LogP contribution in [0, 0.1) is 0 Å². The molecule has 0 N–H and O–H groups in total. The average molecular weight is 288 g/mol. The van der Waals surface area contributed by atoms with Gasteiger partial charge in [-0.3, -0.25) is 9.78 Å². The second-order valence-electron chi connectivity index (χ2n) is 4.84. The molecule has 0 spiro atoms. The van der Waals surface area contributed by atoms with Crippen molar-refractivity contribution in [2.45, 2.75) is 33.6 Å². The van der Waals surface area contributed by atoms with E-state index in [1.807, 2.05) is 0 Å². The zero-order valence-electron chi connectivity index (χ0n) is 12.2. The second-order valence-corrected chi connectivity index (χ2v) is 6.07. The van der Waals surface area contributed by atoms with Crippen molar-refractivity contribution in [2.24, 2.45) is 0 Å². The molecule has 20 heavy (non-hydrogen) atoms. The molecule has 1 aliphatic heterocycles. The Morgan fingerprint density at radius 3 is 2.90 bits per heavy atom. The minimum Gasteiger partial charge on any atom is -0.339 e. The lowest BCUT2D eigenvalue weighted by atomic mass is 10.2. The number of ketones is 1. The summed E-state index contributed by atoms with van der Waals surface area (Å²) in [5.74, 6) is 0.0181. The summed E-state index contributed by atoms with van der Waals surface area (Å²) in [6, 6.07) is 3.59. The van der Waals surface area contributed by atoms with Gasteiger partial charge in [-0.05, 0) is 32.4 Å². The van der Waals surface area contributed by atoms with E-state index in [1.165, 1.54) is 10.6 Å². The van der Waals surface area contributed by atoms with Crippen LogP contribution in [0.2, 0.25) is 0 Å². The van der Waals surface area contributed by atoms with Crippen molar-refractivity contribution in [1.29, 1.82) is 0 Å². The van der Waals surface area contributed by atoms with Crippen molar-refractivity contribution in [1.82, 2.24) is 9.88 Å². The number of unbranched alkanes of at least 4 members (excludes halogenated alkanes) is 1. The maximum Gasteiger partial charge on any atom is 0.190 e. The molecule has 0 atom stereocenters. The van der Waals surface area contributed by atoms with Gasteiger partial charge in [-0.25, -0.2) is 0 Å². The minimum absolute atomic E-state index is 0.0181. The molecule has 1 aliphatic rings. The summed E-state index contributed by atoms with van der Waals surface area (Å²) in [6.07, 6.45) is 7.30. The maximum absolute atomic E-state index is 12.3. The molecule has 0 saturated heterocycles. The molecule has 1 aromatic heterocycles. The number of hydrogen-bond donors (Lipinski definition) is 0. The number of allylic oxidation sites excluding steroid dienone is 3. The molecule has 1 aromatic rings. The van der Waals surface area contributed by atoms with Gasteiger partial charge in [0.25, 0.3) is 0 Å². The zero-order valence-corrected chi connectivity index (χ0v) is 13.0. The number of rotatable bonds is 5. The van der Waals surface area contributed by atoms with E-state index in [1.54, 1.807) is 42.4 Å². The first-order valence-electron chi connectivity index (χ1n) is 6.92. The van der Waals surface area contributed by atoms with Crippen LogP contribution in [0.5, 0.6) is 0 Å².